The summed E-state index contributed by atoms with van der Waals surface area (Å²) < 4.78 is 6.85. The first kappa shape index (κ1) is 16.4. The number of benzene rings is 2. The van der Waals surface area contributed by atoms with Crippen molar-refractivity contribution < 1.29 is 9.53 Å². The van der Waals surface area contributed by atoms with Crippen LogP contribution in [0.3, 0.4) is 0 Å². The van der Waals surface area contributed by atoms with Crippen LogP contribution in [0.15, 0.2) is 70.7 Å². The number of amides is 1. The molecule has 25 heavy (non-hydrogen) atoms. The van der Waals surface area contributed by atoms with E-state index < -0.39 is 0 Å². The van der Waals surface area contributed by atoms with Gasteiger partial charge in [0.1, 0.15) is 12.3 Å². The minimum Gasteiger partial charge on any atom is -0.497 e. The van der Waals surface area contributed by atoms with Crippen LogP contribution in [0, 0.1) is 0 Å². The lowest BCUT2D eigenvalue weighted by molar-refractivity contribution is -0.121. The molecule has 1 heterocycles. The molecule has 126 valence electrons. The quantitative estimate of drug-likeness (QED) is 0.574. The van der Waals surface area contributed by atoms with Crippen LogP contribution in [0.4, 0.5) is 0 Å². The molecule has 3 rings (SSSR count). The lowest BCUT2D eigenvalue weighted by atomic mass is 10.2. The molecule has 0 spiro atoms. The topological polar surface area (TPSA) is 72.7 Å². The van der Waals surface area contributed by atoms with Crippen molar-refractivity contribution in [3.8, 4) is 5.75 Å². The van der Waals surface area contributed by atoms with Crippen LogP contribution in [0.1, 0.15) is 5.56 Å². The molecular formula is C19H17N3O3. The van der Waals surface area contributed by atoms with Crippen LogP contribution in [0.2, 0.25) is 0 Å². The zero-order valence-corrected chi connectivity index (χ0v) is 13.7. The van der Waals surface area contributed by atoms with Gasteiger partial charge in [-0.15, -0.1) is 0 Å². The minimum atomic E-state index is -0.284. The number of para-hydroxylation sites is 1. The van der Waals surface area contributed by atoms with Crippen molar-refractivity contribution in [1.29, 1.82) is 0 Å². The molecule has 0 saturated heterocycles. The van der Waals surface area contributed by atoms with E-state index in [0.29, 0.717) is 10.9 Å². The normalized spacial score (nSPS) is 10.9. The summed E-state index contributed by atoms with van der Waals surface area (Å²) in [5.74, 6) is 0.433. The molecule has 1 N–H and O–H groups in total. The Bertz CT molecular complexity index is 992. The molecule has 0 fully saturated rings. The number of rotatable bonds is 5. The maximum absolute atomic E-state index is 12.1. The maximum atomic E-state index is 12.1. The highest BCUT2D eigenvalue weighted by molar-refractivity contribution is 5.84. The van der Waals surface area contributed by atoms with Crippen molar-refractivity contribution in [2.75, 3.05) is 7.11 Å². The molecule has 6 heteroatoms. The predicted molar refractivity (Wildman–Crippen MR) is 96.9 cm³/mol. The number of methoxy groups -OCH3 is 1. The molecule has 0 aliphatic rings. The summed E-state index contributed by atoms with van der Waals surface area (Å²) in [7, 11) is 1.59. The molecule has 0 atom stereocenters. The highest BCUT2D eigenvalue weighted by Gasteiger charge is 2.05. The summed E-state index contributed by atoms with van der Waals surface area (Å²) >= 11 is 0. The fourth-order valence-electron chi connectivity index (χ4n) is 2.49. The predicted octanol–water partition coefficient (Wildman–Crippen LogP) is 2.16. The van der Waals surface area contributed by atoms with Gasteiger partial charge in [-0.1, -0.05) is 24.3 Å². The first-order chi connectivity index (χ1) is 12.2. The maximum Gasteiger partial charge on any atom is 0.259 e. The Balaban J connectivity index is 1.70. The van der Waals surface area contributed by atoms with Crippen LogP contribution in [-0.2, 0) is 11.3 Å². The molecule has 6 nitrogen and oxygen atoms in total. The Labute approximate surface area is 144 Å². The minimum absolute atomic E-state index is 0.0657. The standard InChI is InChI=1S/C19H17N3O3/c1-25-15-6-4-5-14(11-15)12-20-21-19(24)13-22-10-9-18(23)16-7-2-3-8-17(16)22/h2-12H,13H2,1H3,(H,21,24)/b20-12+. The Morgan fingerprint density at radius 2 is 2.04 bits per heavy atom. The molecule has 0 unspecified atom stereocenters. The van der Waals surface area contributed by atoms with Crippen LogP contribution in [-0.4, -0.2) is 23.8 Å². The van der Waals surface area contributed by atoms with E-state index in [9.17, 15) is 9.59 Å². The van der Waals surface area contributed by atoms with Gasteiger partial charge in [-0.05, 0) is 29.8 Å². The SMILES string of the molecule is COc1cccc(/C=N/NC(=O)Cn2ccc(=O)c3ccccc32)c1. The van der Waals surface area contributed by atoms with Crippen LogP contribution in [0.5, 0.6) is 5.75 Å². The molecular weight excluding hydrogens is 318 g/mol. The number of carbonyl (C=O) groups excluding carboxylic acids is 1. The first-order valence-corrected chi connectivity index (χ1v) is 7.71. The Hall–Kier alpha value is -3.41. The van der Waals surface area contributed by atoms with Crippen molar-refractivity contribution in [2.24, 2.45) is 5.10 Å². The smallest absolute Gasteiger partial charge is 0.259 e. The van der Waals surface area contributed by atoms with Gasteiger partial charge in [0.25, 0.3) is 5.91 Å². The highest BCUT2D eigenvalue weighted by atomic mass is 16.5. The molecule has 3 aromatic rings. The number of aromatic nitrogens is 1. The molecule has 1 amide bonds. The van der Waals surface area contributed by atoms with Crippen molar-refractivity contribution in [2.45, 2.75) is 6.54 Å². The number of ether oxygens (including phenoxy) is 1. The molecule has 0 aliphatic carbocycles. The molecule has 0 radical (unpaired) electrons. The van der Waals surface area contributed by atoms with Gasteiger partial charge in [0, 0.05) is 17.6 Å². The molecule has 0 bridgehead atoms. The van der Waals surface area contributed by atoms with Gasteiger partial charge in [0.2, 0.25) is 0 Å². The third kappa shape index (κ3) is 3.92. The lowest BCUT2D eigenvalue weighted by Gasteiger charge is -2.09. The van der Waals surface area contributed by atoms with Crippen molar-refractivity contribution >= 4 is 23.0 Å². The van der Waals surface area contributed by atoms with E-state index in [4.69, 9.17) is 4.74 Å². The summed E-state index contributed by atoms with van der Waals surface area (Å²) in [5, 5.41) is 4.54. The highest BCUT2D eigenvalue weighted by Crippen LogP contribution is 2.11. The van der Waals surface area contributed by atoms with E-state index in [-0.39, 0.29) is 17.9 Å². The Kier molecular flexibility index (Phi) is 4.89. The number of pyridine rings is 1. The van der Waals surface area contributed by atoms with E-state index in [1.807, 2.05) is 36.4 Å². The number of hydrogen-bond acceptors (Lipinski definition) is 4. The van der Waals surface area contributed by atoms with E-state index >= 15 is 0 Å². The second kappa shape index (κ2) is 7.44. The fraction of sp³-hybridized carbons (Fsp3) is 0.105. The molecule has 0 saturated carbocycles. The van der Waals surface area contributed by atoms with Gasteiger partial charge >= 0.3 is 0 Å². The van der Waals surface area contributed by atoms with Gasteiger partial charge in [-0.3, -0.25) is 9.59 Å². The molecule has 2 aromatic carbocycles. The number of nitrogens with one attached hydrogen (secondary N) is 1. The lowest BCUT2D eigenvalue weighted by Crippen LogP contribution is -2.24. The van der Waals surface area contributed by atoms with E-state index in [2.05, 4.69) is 10.5 Å². The van der Waals surface area contributed by atoms with Crippen LogP contribution in [0.25, 0.3) is 10.9 Å². The summed E-state index contributed by atoms with van der Waals surface area (Å²) in [6.07, 6.45) is 3.15. The number of hydrazone groups is 1. The van der Waals surface area contributed by atoms with E-state index in [0.717, 1.165) is 11.3 Å². The molecule has 1 aromatic heterocycles. The zero-order valence-electron chi connectivity index (χ0n) is 13.7. The zero-order chi connectivity index (χ0) is 17.6. The Morgan fingerprint density at radius 1 is 1.20 bits per heavy atom. The second-order valence-corrected chi connectivity index (χ2v) is 5.39. The Morgan fingerprint density at radius 3 is 2.88 bits per heavy atom. The molecule has 0 aliphatic heterocycles. The average Bonchev–Trinajstić information content (AvgIpc) is 2.64. The van der Waals surface area contributed by atoms with E-state index in [1.165, 1.54) is 6.07 Å². The number of fused-ring (bicyclic) bond motifs is 1. The average molecular weight is 335 g/mol. The number of carbonyl (C=O) groups is 1. The van der Waals surface area contributed by atoms with Crippen molar-refractivity contribution in [1.82, 2.24) is 9.99 Å². The van der Waals surface area contributed by atoms with Gasteiger partial charge in [0.15, 0.2) is 5.43 Å². The summed E-state index contributed by atoms with van der Waals surface area (Å²) in [4.78, 5) is 24.0. The van der Waals surface area contributed by atoms with Crippen LogP contribution < -0.4 is 15.6 Å². The largest absolute Gasteiger partial charge is 0.497 e. The van der Waals surface area contributed by atoms with Crippen molar-refractivity contribution in [3.63, 3.8) is 0 Å². The van der Waals surface area contributed by atoms with Gasteiger partial charge in [-0.25, -0.2) is 5.43 Å². The van der Waals surface area contributed by atoms with Crippen molar-refractivity contribution in [3.05, 3.63) is 76.6 Å². The van der Waals surface area contributed by atoms with Crippen LogP contribution >= 0.6 is 0 Å². The fourth-order valence-corrected chi connectivity index (χ4v) is 2.49. The second-order valence-electron chi connectivity index (χ2n) is 5.39. The third-order valence-electron chi connectivity index (χ3n) is 3.70. The summed E-state index contributed by atoms with van der Waals surface area (Å²) in [5.41, 5.74) is 3.94. The number of hydrogen-bond donors (Lipinski definition) is 1. The summed E-state index contributed by atoms with van der Waals surface area (Å²) in [6.45, 7) is 0.0657. The number of nitrogens with zero attached hydrogens (tertiary/aromatic N) is 2. The van der Waals surface area contributed by atoms with Gasteiger partial charge in [0.05, 0.1) is 18.8 Å². The monoisotopic (exact) mass is 335 g/mol. The first-order valence-electron chi connectivity index (χ1n) is 7.71. The van der Waals surface area contributed by atoms with E-state index in [1.54, 1.807) is 36.2 Å². The van der Waals surface area contributed by atoms with Gasteiger partial charge < -0.3 is 9.30 Å². The van der Waals surface area contributed by atoms with Gasteiger partial charge in [-0.2, -0.15) is 5.10 Å². The third-order valence-corrected chi connectivity index (χ3v) is 3.70. The summed E-state index contributed by atoms with van der Waals surface area (Å²) in [6, 6.07) is 16.0.